The van der Waals surface area contributed by atoms with Gasteiger partial charge in [0.05, 0.1) is 13.2 Å². The Morgan fingerprint density at radius 3 is 2.46 bits per heavy atom. The number of hydrogen-bond acceptors (Lipinski definition) is 7. The van der Waals surface area contributed by atoms with Gasteiger partial charge in [0.25, 0.3) is 17.7 Å². The van der Waals surface area contributed by atoms with Gasteiger partial charge >= 0.3 is 0 Å². The molecule has 0 spiro atoms. The van der Waals surface area contributed by atoms with E-state index in [1.165, 1.54) is 13.3 Å². The Morgan fingerprint density at radius 2 is 1.78 bits per heavy atom. The van der Waals surface area contributed by atoms with Crippen LogP contribution in [0.15, 0.2) is 79.5 Å². The van der Waals surface area contributed by atoms with Gasteiger partial charge in [-0.3, -0.25) is 14.4 Å². The Hall–Kier alpha value is -5.45. The maximum Gasteiger partial charge on any atom is 0.269 e. The average molecular weight is 552 g/mol. The van der Waals surface area contributed by atoms with Crippen molar-refractivity contribution in [2.75, 3.05) is 24.8 Å². The van der Waals surface area contributed by atoms with Crippen LogP contribution >= 0.6 is 0 Å². The molecule has 4 aromatic rings. The third kappa shape index (κ3) is 5.37. The molecular formula is C30H29N7O4. The molecule has 1 aliphatic rings. The van der Waals surface area contributed by atoms with Crippen molar-refractivity contribution in [1.29, 1.82) is 0 Å². The quantitative estimate of drug-likeness (QED) is 0.224. The fourth-order valence-electron chi connectivity index (χ4n) is 4.91. The number of methoxy groups -OCH3 is 1. The lowest BCUT2D eigenvalue weighted by Gasteiger charge is -2.25. The maximum atomic E-state index is 13.4. The van der Waals surface area contributed by atoms with E-state index in [2.05, 4.69) is 16.9 Å². The molecule has 0 aliphatic carbocycles. The monoisotopic (exact) mass is 551 g/mol. The van der Waals surface area contributed by atoms with Crippen LogP contribution in [0.1, 0.15) is 51.1 Å². The van der Waals surface area contributed by atoms with Crippen molar-refractivity contribution in [2.45, 2.75) is 18.9 Å². The van der Waals surface area contributed by atoms with E-state index >= 15 is 0 Å². The summed E-state index contributed by atoms with van der Waals surface area (Å²) in [6.45, 7) is 4.50. The van der Waals surface area contributed by atoms with Crippen LogP contribution in [0.5, 0.6) is 5.75 Å². The minimum Gasteiger partial charge on any atom is -0.497 e. The van der Waals surface area contributed by atoms with E-state index < -0.39 is 11.9 Å². The predicted molar refractivity (Wildman–Crippen MR) is 154 cm³/mol. The van der Waals surface area contributed by atoms with E-state index in [9.17, 15) is 14.4 Å². The Kier molecular flexibility index (Phi) is 7.51. The molecule has 11 nitrogen and oxygen atoms in total. The van der Waals surface area contributed by atoms with Crippen LogP contribution in [-0.4, -0.2) is 50.9 Å². The van der Waals surface area contributed by atoms with Gasteiger partial charge in [-0.05, 0) is 36.6 Å². The molecular weight excluding hydrogens is 522 g/mol. The van der Waals surface area contributed by atoms with Crippen molar-refractivity contribution in [1.82, 2.24) is 19.5 Å². The van der Waals surface area contributed by atoms with Crippen molar-refractivity contribution >= 4 is 29.1 Å². The smallest absolute Gasteiger partial charge is 0.269 e. The first kappa shape index (κ1) is 27.1. The topological polar surface area (TPSA) is 158 Å². The van der Waals surface area contributed by atoms with E-state index in [-0.39, 0.29) is 23.2 Å². The molecule has 0 bridgehead atoms. The van der Waals surface area contributed by atoms with Gasteiger partial charge in [0, 0.05) is 35.5 Å². The molecule has 2 aromatic heterocycles. The Labute approximate surface area is 236 Å². The summed E-state index contributed by atoms with van der Waals surface area (Å²) in [7, 11) is 1.53. The molecule has 1 aliphatic heterocycles. The summed E-state index contributed by atoms with van der Waals surface area (Å²) < 4.78 is 6.32. The highest BCUT2D eigenvalue weighted by Gasteiger charge is 2.36. The fourth-order valence-corrected chi connectivity index (χ4v) is 4.91. The summed E-state index contributed by atoms with van der Waals surface area (Å²) in [6.07, 6.45) is 2.87. The third-order valence-electron chi connectivity index (χ3n) is 6.99. The largest absolute Gasteiger partial charge is 0.497 e. The molecule has 1 unspecified atom stereocenters. The number of imidazole rings is 1. The van der Waals surface area contributed by atoms with E-state index in [1.54, 1.807) is 41.3 Å². The molecule has 5 N–H and O–H groups in total. The lowest BCUT2D eigenvalue weighted by Crippen LogP contribution is -2.34. The van der Waals surface area contributed by atoms with E-state index in [1.807, 2.05) is 30.3 Å². The van der Waals surface area contributed by atoms with Gasteiger partial charge in [-0.15, -0.1) is 0 Å². The second-order valence-electron chi connectivity index (χ2n) is 9.52. The first-order valence-electron chi connectivity index (χ1n) is 12.9. The summed E-state index contributed by atoms with van der Waals surface area (Å²) in [4.78, 5) is 49.2. The molecule has 208 valence electrons. The number of ether oxygens (including phenoxy) is 1. The Morgan fingerprint density at radius 1 is 1.05 bits per heavy atom. The average Bonchev–Trinajstić information content (AvgIpc) is 3.61. The number of nitrogens with two attached hydrogens (primary N) is 2. The van der Waals surface area contributed by atoms with Gasteiger partial charge in [0.2, 0.25) is 0 Å². The van der Waals surface area contributed by atoms with E-state index in [0.717, 1.165) is 16.7 Å². The number of rotatable bonds is 8. The zero-order valence-corrected chi connectivity index (χ0v) is 22.4. The first-order valence-corrected chi connectivity index (χ1v) is 12.9. The van der Waals surface area contributed by atoms with E-state index in [4.69, 9.17) is 21.3 Å². The van der Waals surface area contributed by atoms with E-state index in [0.29, 0.717) is 47.1 Å². The minimum absolute atomic E-state index is 0.000956. The van der Waals surface area contributed by atoms with Crippen LogP contribution in [0.2, 0.25) is 0 Å². The molecule has 41 heavy (non-hydrogen) atoms. The molecule has 2 aromatic carbocycles. The summed E-state index contributed by atoms with van der Waals surface area (Å²) in [6, 6.07) is 18.5. The molecule has 1 atom stereocenters. The first-order chi connectivity index (χ1) is 19.8. The highest BCUT2D eigenvalue weighted by molar-refractivity contribution is 6.18. The van der Waals surface area contributed by atoms with Crippen LogP contribution < -0.4 is 21.6 Å². The highest BCUT2D eigenvalue weighted by atomic mass is 16.5. The second-order valence-corrected chi connectivity index (χ2v) is 9.52. The van der Waals surface area contributed by atoms with Crippen LogP contribution in [0.25, 0.3) is 16.8 Å². The summed E-state index contributed by atoms with van der Waals surface area (Å²) in [5.41, 5.74) is 7.96. The number of primary amides is 1. The second kappa shape index (κ2) is 11.3. The number of pyridine rings is 1. The number of amides is 3. The predicted octanol–water partition coefficient (Wildman–Crippen LogP) is 3.40. The SMILES string of the molecule is C=C(C(=O)N1CCCC1c1nc(-c2ccc(C(=O)Nc3cc(OC)ccn3)cc2)c(C(N)=O)n1N)c1ccccc1. The molecule has 3 heterocycles. The standard InChI is InChI=1S/C30H29N7O4/c1-18(19-7-4-3-5-8-19)30(40)36-16-6-9-23(36)28-35-25(26(27(31)38)37(28)32)20-10-12-21(13-11-20)29(39)34-24-17-22(41-2)14-15-33-24/h3-5,7-8,10-15,17,23H,1,6,9,16,32H2,2H3,(H2,31,38)(H,33,34,39). The number of carbonyl (C=O) groups excluding carboxylic acids is 3. The molecule has 5 rings (SSSR count). The highest BCUT2D eigenvalue weighted by Crippen LogP contribution is 2.36. The number of nitrogen functional groups attached to an aromatic ring is 1. The molecule has 0 saturated carbocycles. The van der Waals surface area contributed by atoms with Gasteiger partial charge in [-0.25, -0.2) is 14.6 Å². The summed E-state index contributed by atoms with van der Waals surface area (Å²) >= 11 is 0. The normalized spacial score (nSPS) is 14.5. The van der Waals surface area contributed by atoms with Crippen molar-refractivity contribution in [3.05, 3.63) is 102 Å². The maximum absolute atomic E-state index is 13.4. The number of likely N-dealkylation sites (tertiary alicyclic amines) is 1. The van der Waals surface area contributed by atoms with Gasteiger partial charge in [0.15, 0.2) is 11.5 Å². The lowest BCUT2D eigenvalue weighted by atomic mass is 10.1. The van der Waals surface area contributed by atoms with Crippen LogP contribution in [0.3, 0.4) is 0 Å². The molecule has 11 heteroatoms. The summed E-state index contributed by atoms with van der Waals surface area (Å²) in [5, 5.41) is 2.72. The minimum atomic E-state index is -0.767. The number of aromatic nitrogens is 3. The Bertz CT molecular complexity index is 1630. The van der Waals surface area contributed by atoms with Gasteiger partial charge in [0.1, 0.15) is 17.3 Å². The molecule has 0 radical (unpaired) electrons. The fraction of sp³-hybridized carbons (Fsp3) is 0.167. The number of nitrogens with one attached hydrogen (secondary N) is 1. The number of benzene rings is 2. The molecule has 3 amide bonds. The molecule has 1 saturated heterocycles. The number of hydrogen-bond donors (Lipinski definition) is 3. The van der Waals surface area contributed by atoms with Crippen molar-refractivity contribution in [3.63, 3.8) is 0 Å². The third-order valence-corrected chi connectivity index (χ3v) is 6.99. The Balaban J connectivity index is 1.41. The van der Waals surface area contributed by atoms with Crippen LogP contribution in [0.4, 0.5) is 5.82 Å². The van der Waals surface area contributed by atoms with Crippen LogP contribution in [-0.2, 0) is 4.79 Å². The van der Waals surface area contributed by atoms with Crippen molar-refractivity contribution in [3.8, 4) is 17.0 Å². The zero-order valence-electron chi connectivity index (χ0n) is 22.4. The number of anilines is 1. The van der Waals surface area contributed by atoms with Crippen LogP contribution in [0, 0.1) is 0 Å². The number of nitrogens with zero attached hydrogens (tertiary/aromatic N) is 4. The zero-order chi connectivity index (χ0) is 29.1. The van der Waals surface area contributed by atoms with Gasteiger partial charge in [-0.1, -0.05) is 49.0 Å². The molecule has 1 fully saturated rings. The summed E-state index contributed by atoms with van der Waals surface area (Å²) in [5.74, 6) is 6.23. The van der Waals surface area contributed by atoms with Gasteiger partial charge in [-0.2, -0.15) is 0 Å². The lowest BCUT2D eigenvalue weighted by molar-refractivity contribution is -0.126. The van der Waals surface area contributed by atoms with Gasteiger partial charge < -0.3 is 26.5 Å². The van der Waals surface area contributed by atoms with Crippen molar-refractivity contribution in [2.24, 2.45) is 5.73 Å². The van der Waals surface area contributed by atoms with Crippen molar-refractivity contribution < 1.29 is 19.1 Å². The number of carbonyl (C=O) groups is 3.